The van der Waals surface area contributed by atoms with Gasteiger partial charge in [-0.05, 0) is 59.7 Å². The third-order valence-electron chi connectivity index (χ3n) is 7.02. The Kier molecular flexibility index (Phi) is 7.69. The van der Waals surface area contributed by atoms with Crippen molar-refractivity contribution in [3.05, 3.63) is 65.9 Å². The first-order valence-electron chi connectivity index (χ1n) is 12.1. The molecule has 30 heavy (non-hydrogen) atoms. The monoisotopic (exact) mass is 402 g/mol. The summed E-state index contributed by atoms with van der Waals surface area (Å²) in [5, 5.41) is 2.70. The van der Waals surface area contributed by atoms with E-state index in [1.54, 1.807) is 0 Å². The second-order valence-corrected chi connectivity index (χ2v) is 9.05. The maximum absolute atomic E-state index is 2.52. The number of hydrogen-bond acceptors (Lipinski definition) is 0. The number of unbranched alkanes of at least 4 members (excludes halogenated alkanes) is 2. The van der Waals surface area contributed by atoms with Crippen molar-refractivity contribution in [2.45, 2.75) is 91.5 Å². The molecule has 0 fully saturated rings. The molecule has 0 aliphatic carbocycles. The number of pyridine rings is 1. The number of hydrogen-bond donors (Lipinski definition) is 0. The van der Waals surface area contributed by atoms with E-state index in [1.165, 1.54) is 58.8 Å². The highest BCUT2D eigenvalue weighted by Gasteiger charge is 2.30. The van der Waals surface area contributed by atoms with Crippen molar-refractivity contribution < 1.29 is 4.57 Å². The zero-order valence-corrected chi connectivity index (χ0v) is 19.8. The first-order chi connectivity index (χ1) is 14.6. The molecule has 1 nitrogen and oxygen atoms in total. The molecule has 0 amide bonds. The molecule has 3 rings (SSSR count). The number of rotatable bonds is 10. The molecule has 160 valence electrons. The maximum Gasteiger partial charge on any atom is 0.220 e. The van der Waals surface area contributed by atoms with Gasteiger partial charge in [-0.15, -0.1) is 0 Å². The summed E-state index contributed by atoms with van der Waals surface area (Å²) >= 11 is 0. The molecule has 0 unspecified atom stereocenters. The van der Waals surface area contributed by atoms with E-state index in [2.05, 4.69) is 93.9 Å². The fourth-order valence-corrected chi connectivity index (χ4v) is 4.66. The van der Waals surface area contributed by atoms with Crippen LogP contribution >= 0.6 is 0 Å². The van der Waals surface area contributed by atoms with E-state index in [4.69, 9.17) is 0 Å². The molecule has 1 heteroatoms. The molecular formula is C29H40N+. The quantitative estimate of drug-likeness (QED) is 0.239. The van der Waals surface area contributed by atoms with Crippen LogP contribution in [-0.2, 0) is 18.4 Å². The third-order valence-corrected chi connectivity index (χ3v) is 7.02. The Balaban J connectivity index is 2.29. The standard InChI is InChI=1S/C29H40N/c1-6-10-11-14-23-17-18-27(29(5,8-3)9-4)26(22-23)28-25-16-13-12-15-24(25)19-21-30(28)20-7-2/h12-13,15-19,21-22H,6-11,14,20H2,1-5H3/q+1. The van der Waals surface area contributed by atoms with Gasteiger partial charge in [0.25, 0.3) is 0 Å². The highest BCUT2D eigenvalue weighted by molar-refractivity contribution is 5.93. The van der Waals surface area contributed by atoms with Crippen molar-refractivity contribution in [3.63, 3.8) is 0 Å². The summed E-state index contributed by atoms with van der Waals surface area (Å²) in [6.45, 7) is 12.7. The fourth-order valence-electron chi connectivity index (χ4n) is 4.66. The molecule has 0 N–H and O–H groups in total. The molecular weight excluding hydrogens is 362 g/mol. The van der Waals surface area contributed by atoms with Crippen molar-refractivity contribution in [1.82, 2.24) is 0 Å². The van der Waals surface area contributed by atoms with Gasteiger partial charge in [0.1, 0.15) is 6.54 Å². The Labute approximate surface area is 184 Å². The minimum atomic E-state index is 0.193. The van der Waals surface area contributed by atoms with Crippen molar-refractivity contribution >= 4 is 10.8 Å². The van der Waals surface area contributed by atoms with E-state index in [-0.39, 0.29) is 5.41 Å². The molecule has 0 radical (unpaired) electrons. The maximum atomic E-state index is 2.52. The van der Waals surface area contributed by atoms with Gasteiger partial charge >= 0.3 is 0 Å². The van der Waals surface area contributed by atoms with E-state index >= 15 is 0 Å². The van der Waals surface area contributed by atoms with E-state index < -0.39 is 0 Å². The predicted molar refractivity (Wildman–Crippen MR) is 131 cm³/mol. The average Bonchev–Trinajstić information content (AvgIpc) is 2.78. The van der Waals surface area contributed by atoms with Gasteiger partial charge in [-0.1, -0.05) is 77.8 Å². The Hall–Kier alpha value is -2.15. The summed E-state index contributed by atoms with van der Waals surface area (Å²) < 4.78 is 2.49. The molecule has 1 aromatic heterocycles. The summed E-state index contributed by atoms with van der Waals surface area (Å²) in [5.41, 5.74) is 6.02. The van der Waals surface area contributed by atoms with Crippen molar-refractivity contribution in [3.8, 4) is 11.3 Å². The van der Waals surface area contributed by atoms with Gasteiger partial charge in [0.2, 0.25) is 5.69 Å². The van der Waals surface area contributed by atoms with Gasteiger partial charge < -0.3 is 0 Å². The van der Waals surface area contributed by atoms with E-state index in [9.17, 15) is 0 Å². The first-order valence-corrected chi connectivity index (χ1v) is 12.1. The second-order valence-electron chi connectivity index (χ2n) is 9.05. The molecule has 0 saturated heterocycles. The molecule has 3 aromatic rings. The van der Waals surface area contributed by atoms with Crippen molar-refractivity contribution in [2.24, 2.45) is 0 Å². The van der Waals surface area contributed by atoms with Crippen LogP contribution in [0, 0.1) is 0 Å². The Morgan fingerprint density at radius 2 is 1.60 bits per heavy atom. The van der Waals surface area contributed by atoms with Gasteiger partial charge in [0, 0.05) is 12.5 Å². The predicted octanol–water partition coefficient (Wildman–Crippen LogP) is 8.01. The lowest BCUT2D eigenvalue weighted by Crippen LogP contribution is -2.36. The molecule has 2 aromatic carbocycles. The third kappa shape index (κ3) is 4.61. The highest BCUT2D eigenvalue weighted by Crippen LogP contribution is 2.39. The van der Waals surface area contributed by atoms with Gasteiger partial charge in [0.05, 0.1) is 10.9 Å². The zero-order chi connectivity index (χ0) is 21.6. The van der Waals surface area contributed by atoms with Crippen LogP contribution in [0.1, 0.15) is 84.3 Å². The lowest BCUT2D eigenvalue weighted by molar-refractivity contribution is -0.685. The minimum absolute atomic E-state index is 0.193. The topological polar surface area (TPSA) is 3.88 Å². The first kappa shape index (κ1) is 22.5. The van der Waals surface area contributed by atoms with Gasteiger partial charge in [-0.25, -0.2) is 0 Å². The molecule has 0 atom stereocenters. The Morgan fingerprint density at radius 1 is 0.833 bits per heavy atom. The summed E-state index contributed by atoms with van der Waals surface area (Å²) in [4.78, 5) is 0. The number of nitrogens with zero attached hydrogens (tertiary/aromatic N) is 1. The van der Waals surface area contributed by atoms with Crippen LogP contribution in [-0.4, -0.2) is 0 Å². The van der Waals surface area contributed by atoms with Gasteiger partial charge in [-0.3, -0.25) is 0 Å². The largest absolute Gasteiger partial charge is 0.220 e. The SMILES string of the molecule is CCCCCc1ccc(C(C)(CC)CC)c(-c2c3ccccc3cc[n+]2CCC)c1. The van der Waals surface area contributed by atoms with E-state index in [1.807, 2.05) is 0 Å². The summed E-state index contributed by atoms with van der Waals surface area (Å²) in [7, 11) is 0. The smallest absolute Gasteiger partial charge is 0.198 e. The zero-order valence-electron chi connectivity index (χ0n) is 19.8. The summed E-state index contributed by atoms with van der Waals surface area (Å²) in [6, 6.07) is 18.5. The van der Waals surface area contributed by atoms with Crippen LogP contribution < -0.4 is 4.57 Å². The average molecular weight is 403 g/mol. The van der Waals surface area contributed by atoms with Crippen LogP contribution in [0.5, 0.6) is 0 Å². The number of benzene rings is 2. The van der Waals surface area contributed by atoms with Crippen LogP contribution in [0.15, 0.2) is 54.7 Å². The Bertz CT molecular complexity index is 965. The summed E-state index contributed by atoms with van der Waals surface area (Å²) in [5.74, 6) is 0. The highest BCUT2D eigenvalue weighted by atomic mass is 15.0. The van der Waals surface area contributed by atoms with Crippen LogP contribution in [0.3, 0.4) is 0 Å². The van der Waals surface area contributed by atoms with Crippen molar-refractivity contribution in [1.29, 1.82) is 0 Å². The number of fused-ring (bicyclic) bond motifs is 1. The van der Waals surface area contributed by atoms with E-state index in [0.29, 0.717) is 0 Å². The molecule has 1 heterocycles. The minimum Gasteiger partial charge on any atom is -0.198 e. The number of aryl methyl sites for hydroxylation is 2. The van der Waals surface area contributed by atoms with Gasteiger partial charge in [-0.2, -0.15) is 4.57 Å². The lowest BCUT2D eigenvalue weighted by Gasteiger charge is -2.30. The Morgan fingerprint density at radius 3 is 2.30 bits per heavy atom. The molecule has 0 saturated carbocycles. The lowest BCUT2D eigenvalue weighted by atomic mass is 9.74. The van der Waals surface area contributed by atoms with Crippen LogP contribution in [0.2, 0.25) is 0 Å². The van der Waals surface area contributed by atoms with Crippen LogP contribution in [0.25, 0.3) is 22.0 Å². The normalized spacial score (nSPS) is 11.9. The van der Waals surface area contributed by atoms with Crippen molar-refractivity contribution in [2.75, 3.05) is 0 Å². The molecule has 0 bridgehead atoms. The van der Waals surface area contributed by atoms with E-state index in [0.717, 1.165) is 25.8 Å². The summed E-state index contributed by atoms with van der Waals surface area (Å²) in [6.07, 6.45) is 10.8. The van der Waals surface area contributed by atoms with Gasteiger partial charge in [0.15, 0.2) is 6.20 Å². The van der Waals surface area contributed by atoms with Crippen LogP contribution in [0.4, 0.5) is 0 Å². The molecule has 0 aliphatic heterocycles. The second kappa shape index (κ2) is 10.2. The fraction of sp³-hybridized carbons (Fsp3) is 0.483. The molecule has 0 aliphatic rings. The molecule has 0 spiro atoms. The number of aromatic nitrogens is 1.